The molecule has 1 heterocycles. The first-order valence-corrected chi connectivity index (χ1v) is 14.5. The van der Waals surface area contributed by atoms with Gasteiger partial charge in [0, 0.05) is 5.02 Å². The molecule has 5 nitrogen and oxygen atoms in total. The van der Waals surface area contributed by atoms with Crippen LogP contribution in [0.25, 0.3) is 6.08 Å². The number of thioether (sulfide) groups is 1. The van der Waals surface area contributed by atoms with Crippen molar-refractivity contribution in [1.29, 1.82) is 0 Å². The summed E-state index contributed by atoms with van der Waals surface area (Å²) in [5, 5.41) is 1.24. The van der Waals surface area contributed by atoms with Crippen LogP contribution in [-0.4, -0.2) is 18.2 Å². The Morgan fingerprint density at radius 3 is 2.35 bits per heavy atom. The maximum absolute atomic E-state index is 13.7. The number of hydrogen-bond acceptors (Lipinski definition) is 5. The molecule has 4 aromatic rings. The summed E-state index contributed by atoms with van der Waals surface area (Å²) in [6.45, 7) is 4.38. The number of carbonyl (C=O) groups excluding carboxylic acids is 1. The van der Waals surface area contributed by atoms with Gasteiger partial charge in [0.1, 0.15) is 6.61 Å². The van der Waals surface area contributed by atoms with Crippen molar-refractivity contribution < 1.29 is 14.3 Å². The van der Waals surface area contributed by atoms with Gasteiger partial charge in [0.15, 0.2) is 16.7 Å². The Balaban J connectivity index is 1.47. The van der Waals surface area contributed by atoms with Gasteiger partial charge in [-0.25, -0.2) is 4.99 Å². The number of hydrogen-bond donors (Lipinski definition) is 0. The molecule has 1 aliphatic heterocycles. The summed E-state index contributed by atoms with van der Waals surface area (Å²) in [7, 11) is 1.59. The molecule has 1 saturated heterocycles. The zero-order chi connectivity index (χ0) is 28.2. The first-order valence-electron chi connectivity index (χ1n) is 12.5. The Bertz CT molecular complexity index is 1620. The maximum atomic E-state index is 13.7. The van der Waals surface area contributed by atoms with Gasteiger partial charge in [-0.3, -0.25) is 9.69 Å². The Kier molecular flexibility index (Phi) is 8.64. The van der Waals surface area contributed by atoms with E-state index in [2.05, 4.69) is 15.9 Å². The number of ether oxygens (including phenoxy) is 2. The van der Waals surface area contributed by atoms with E-state index >= 15 is 0 Å². The monoisotopic (exact) mass is 632 g/mol. The topological polar surface area (TPSA) is 51.1 Å². The maximum Gasteiger partial charge on any atom is 0.271 e. The number of anilines is 1. The highest BCUT2D eigenvalue weighted by Gasteiger charge is 2.35. The van der Waals surface area contributed by atoms with Gasteiger partial charge >= 0.3 is 0 Å². The van der Waals surface area contributed by atoms with Crippen molar-refractivity contribution in [1.82, 2.24) is 0 Å². The van der Waals surface area contributed by atoms with E-state index in [4.69, 9.17) is 26.1 Å². The van der Waals surface area contributed by atoms with Gasteiger partial charge in [0.2, 0.25) is 0 Å². The summed E-state index contributed by atoms with van der Waals surface area (Å²) in [6, 6.07) is 27.0. The molecule has 202 valence electrons. The summed E-state index contributed by atoms with van der Waals surface area (Å²) in [5.41, 5.74) is 5.54. The number of carbonyl (C=O) groups is 1. The Labute approximate surface area is 251 Å². The number of rotatable bonds is 7. The predicted molar refractivity (Wildman–Crippen MR) is 169 cm³/mol. The average Bonchev–Trinajstić information content (AvgIpc) is 3.23. The summed E-state index contributed by atoms with van der Waals surface area (Å²) in [4.78, 5) is 20.8. The van der Waals surface area contributed by atoms with Crippen LogP contribution in [0.15, 0.2) is 99.3 Å². The van der Waals surface area contributed by atoms with E-state index in [1.54, 1.807) is 12.0 Å². The summed E-state index contributed by atoms with van der Waals surface area (Å²) < 4.78 is 12.4. The molecule has 1 aliphatic rings. The largest absolute Gasteiger partial charge is 0.493 e. The summed E-state index contributed by atoms with van der Waals surface area (Å²) >= 11 is 11.1. The normalized spacial score (nSPS) is 15.2. The van der Waals surface area contributed by atoms with E-state index in [0.717, 1.165) is 33.6 Å². The van der Waals surface area contributed by atoms with Gasteiger partial charge in [-0.1, -0.05) is 59.1 Å². The molecule has 0 bridgehead atoms. The highest BCUT2D eigenvalue weighted by molar-refractivity contribution is 9.10. The molecule has 0 aromatic heterocycles. The predicted octanol–water partition coefficient (Wildman–Crippen LogP) is 9.12. The lowest BCUT2D eigenvalue weighted by molar-refractivity contribution is -0.113. The number of nitrogens with zero attached hydrogens (tertiary/aromatic N) is 2. The fourth-order valence-corrected chi connectivity index (χ4v) is 5.88. The number of methoxy groups -OCH3 is 1. The van der Waals surface area contributed by atoms with Crippen LogP contribution in [0.5, 0.6) is 11.5 Å². The molecule has 1 fully saturated rings. The van der Waals surface area contributed by atoms with Gasteiger partial charge in [0.25, 0.3) is 5.91 Å². The molecule has 40 heavy (non-hydrogen) atoms. The fourth-order valence-electron chi connectivity index (χ4n) is 4.10. The molecular formula is C32H26BrClN2O3S. The second-order valence-electron chi connectivity index (χ2n) is 9.27. The Hall–Kier alpha value is -3.52. The minimum atomic E-state index is -0.143. The van der Waals surface area contributed by atoms with E-state index in [1.807, 2.05) is 105 Å². The van der Waals surface area contributed by atoms with E-state index in [1.165, 1.54) is 11.8 Å². The van der Waals surface area contributed by atoms with Crippen LogP contribution in [0.3, 0.4) is 0 Å². The minimum Gasteiger partial charge on any atom is -0.493 e. The van der Waals surface area contributed by atoms with Gasteiger partial charge in [-0.2, -0.15) is 0 Å². The van der Waals surface area contributed by atoms with Crippen molar-refractivity contribution in [2.24, 2.45) is 4.99 Å². The molecule has 0 atom stereocenters. The van der Waals surface area contributed by atoms with Gasteiger partial charge < -0.3 is 9.47 Å². The lowest BCUT2D eigenvalue weighted by atomic mass is 10.1. The molecule has 0 unspecified atom stereocenters. The van der Waals surface area contributed by atoms with Crippen LogP contribution >= 0.6 is 39.3 Å². The highest BCUT2D eigenvalue weighted by Crippen LogP contribution is 2.41. The van der Waals surface area contributed by atoms with Crippen molar-refractivity contribution in [3.05, 3.63) is 122 Å². The molecule has 8 heteroatoms. The third-order valence-corrected chi connectivity index (χ3v) is 7.97. The van der Waals surface area contributed by atoms with E-state index in [0.29, 0.717) is 37.7 Å². The van der Waals surface area contributed by atoms with Crippen LogP contribution in [0.4, 0.5) is 11.4 Å². The lowest BCUT2D eigenvalue weighted by Gasteiger charge is -2.16. The zero-order valence-corrected chi connectivity index (χ0v) is 25.3. The Morgan fingerprint density at radius 2 is 1.68 bits per heavy atom. The standard InChI is InChI=1S/C32H26BrClN2O3S/c1-20-7-11-25(12-8-20)35-32-36(26-13-9-21(2)10-14-26)31(37)29(40-32)18-23-16-27(33)30(28(17-23)38-3)39-19-22-5-4-6-24(34)15-22/h4-18H,19H2,1-3H3/b29-18-,35-32?. The van der Waals surface area contributed by atoms with Crippen molar-refractivity contribution in [2.45, 2.75) is 20.5 Å². The van der Waals surface area contributed by atoms with Crippen LogP contribution in [0.1, 0.15) is 22.3 Å². The Morgan fingerprint density at radius 1 is 0.975 bits per heavy atom. The van der Waals surface area contributed by atoms with Gasteiger partial charge in [0.05, 0.1) is 27.9 Å². The van der Waals surface area contributed by atoms with E-state index in [9.17, 15) is 4.79 Å². The molecule has 0 N–H and O–H groups in total. The number of amidine groups is 1. The third-order valence-electron chi connectivity index (χ3n) is 6.18. The molecule has 0 radical (unpaired) electrons. The number of benzene rings is 4. The summed E-state index contributed by atoms with van der Waals surface area (Å²) in [5.74, 6) is 0.969. The highest BCUT2D eigenvalue weighted by atomic mass is 79.9. The van der Waals surface area contributed by atoms with E-state index in [-0.39, 0.29) is 5.91 Å². The molecule has 0 spiro atoms. The van der Waals surface area contributed by atoms with Gasteiger partial charge in [-0.05, 0) is 107 Å². The van der Waals surface area contributed by atoms with Crippen molar-refractivity contribution >= 4 is 67.8 Å². The van der Waals surface area contributed by atoms with Crippen molar-refractivity contribution in [2.75, 3.05) is 12.0 Å². The fraction of sp³-hybridized carbons (Fsp3) is 0.125. The lowest BCUT2D eigenvalue weighted by Crippen LogP contribution is -2.28. The van der Waals surface area contributed by atoms with E-state index < -0.39 is 0 Å². The SMILES string of the molecule is COc1cc(/C=C2\SC(=Nc3ccc(C)cc3)N(c3ccc(C)cc3)C2=O)cc(Br)c1OCc1cccc(Cl)c1. The minimum absolute atomic E-state index is 0.143. The number of halogens is 2. The van der Waals surface area contributed by atoms with Gasteiger partial charge in [-0.15, -0.1) is 0 Å². The molecule has 0 saturated carbocycles. The second-order valence-corrected chi connectivity index (χ2v) is 11.6. The van der Waals surface area contributed by atoms with Crippen molar-refractivity contribution in [3.8, 4) is 11.5 Å². The molecular weight excluding hydrogens is 608 g/mol. The first-order chi connectivity index (χ1) is 19.3. The van der Waals surface area contributed by atoms with Crippen LogP contribution in [0.2, 0.25) is 5.02 Å². The molecule has 4 aromatic carbocycles. The van der Waals surface area contributed by atoms with Crippen LogP contribution < -0.4 is 14.4 Å². The van der Waals surface area contributed by atoms with Crippen LogP contribution in [-0.2, 0) is 11.4 Å². The average molecular weight is 634 g/mol. The van der Waals surface area contributed by atoms with Crippen molar-refractivity contribution in [3.63, 3.8) is 0 Å². The zero-order valence-electron chi connectivity index (χ0n) is 22.2. The molecule has 1 amide bonds. The number of amides is 1. The summed E-state index contributed by atoms with van der Waals surface area (Å²) in [6.07, 6.45) is 1.85. The molecule has 5 rings (SSSR count). The second kappa shape index (κ2) is 12.3. The number of aryl methyl sites for hydroxylation is 2. The smallest absolute Gasteiger partial charge is 0.271 e. The number of aliphatic imine (C=N–C) groups is 1. The molecule has 0 aliphatic carbocycles. The quantitative estimate of drug-likeness (QED) is 0.191. The third kappa shape index (κ3) is 6.44. The first kappa shape index (κ1) is 28.0. The van der Waals surface area contributed by atoms with Crippen LogP contribution in [0, 0.1) is 13.8 Å².